The van der Waals surface area contributed by atoms with Gasteiger partial charge in [0.05, 0.1) is 13.2 Å². The highest BCUT2D eigenvalue weighted by Gasteiger charge is 2.09. The summed E-state index contributed by atoms with van der Waals surface area (Å²) < 4.78 is 6.11. The molecule has 1 N–H and O–H groups in total. The normalized spacial score (nSPS) is 10.5. The highest BCUT2D eigenvalue weighted by molar-refractivity contribution is 9.10. The van der Waals surface area contributed by atoms with Crippen LogP contribution in [0.5, 0.6) is 0 Å². The number of ether oxygens (including phenoxy) is 1. The third-order valence-electron chi connectivity index (χ3n) is 2.51. The molecule has 0 aliphatic heterocycles. The average molecular weight is 288 g/mol. The van der Waals surface area contributed by atoms with E-state index in [9.17, 15) is 5.11 Å². The summed E-state index contributed by atoms with van der Waals surface area (Å²) in [4.78, 5) is 2.19. The second-order valence-corrected chi connectivity index (χ2v) is 4.42. The van der Waals surface area contributed by atoms with Gasteiger partial charge in [-0.05, 0) is 19.1 Å². The van der Waals surface area contributed by atoms with Crippen molar-refractivity contribution in [3.63, 3.8) is 0 Å². The van der Waals surface area contributed by atoms with Gasteiger partial charge in [0.1, 0.15) is 0 Å². The minimum Gasteiger partial charge on any atom is -0.392 e. The first-order valence-electron chi connectivity index (χ1n) is 5.36. The molecular weight excluding hydrogens is 270 g/mol. The van der Waals surface area contributed by atoms with Gasteiger partial charge in [-0.2, -0.15) is 0 Å². The van der Waals surface area contributed by atoms with Crippen molar-refractivity contribution in [3.05, 3.63) is 28.2 Å². The molecule has 1 aromatic carbocycles. The maximum atomic E-state index is 9.31. The van der Waals surface area contributed by atoms with Crippen LogP contribution >= 0.6 is 15.9 Å². The largest absolute Gasteiger partial charge is 0.392 e. The number of anilines is 1. The van der Waals surface area contributed by atoms with Crippen molar-refractivity contribution in [1.82, 2.24) is 0 Å². The van der Waals surface area contributed by atoms with Crippen molar-refractivity contribution in [1.29, 1.82) is 0 Å². The van der Waals surface area contributed by atoms with Crippen LogP contribution in [0, 0.1) is 0 Å². The topological polar surface area (TPSA) is 32.7 Å². The van der Waals surface area contributed by atoms with E-state index in [1.54, 1.807) is 7.11 Å². The third kappa shape index (κ3) is 3.47. The lowest BCUT2D eigenvalue weighted by Gasteiger charge is -2.25. The fourth-order valence-corrected chi connectivity index (χ4v) is 1.96. The Balaban J connectivity index is 2.92. The van der Waals surface area contributed by atoms with Crippen LogP contribution in [-0.2, 0) is 11.3 Å². The van der Waals surface area contributed by atoms with E-state index in [1.165, 1.54) is 0 Å². The summed E-state index contributed by atoms with van der Waals surface area (Å²) in [6.07, 6.45) is 0. The molecule has 0 spiro atoms. The van der Waals surface area contributed by atoms with Crippen LogP contribution in [0.15, 0.2) is 22.7 Å². The molecule has 0 unspecified atom stereocenters. The zero-order chi connectivity index (χ0) is 12.0. The minimum atomic E-state index is 0.0616. The molecule has 1 aromatic rings. The van der Waals surface area contributed by atoms with Crippen molar-refractivity contribution < 1.29 is 9.84 Å². The number of rotatable bonds is 6. The second kappa shape index (κ2) is 6.89. The zero-order valence-corrected chi connectivity index (χ0v) is 11.3. The number of methoxy groups -OCH3 is 1. The van der Waals surface area contributed by atoms with Gasteiger partial charge in [-0.15, -0.1) is 0 Å². The van der Waals surface area contributed by atoms with Gasteiger partial charge in [-0.3, -0.25) is 0 Å². The van der Waals surface area contributed by atoms with Gasteiger partial charge in [-0.1, -0.05) is 22.0 Å². The Labute approximate surface area is 105 Å². The van der Waals surface area contributed by atoms with Crippen LogP contribution in [0.25, 0.3) is 0 Å². The maximum Gasteiger partial charge on any atom is 0.0702 e. The summed E-state index contributed by atoms with van der Waals surface area (Å²) in [5.74, 6) is 0. The highest BCUT2D eigenvalue weighted by atomic mass is 79.9. The molecule has 0 atom stereocenters. The third-order valence-corrected chi connectivity index (χ3v) is 3.00. The van der Waals surface area contributed by atoms with Gasteiger partial charge >= 0.3 is 0 Å². The van der Waals surface area contributed by atoms with Crippen molar-refractivity contribution in [2.75, 3.05) is 31.7 Å². The summed E-state index contributed by atoms with van der Waals surface area (Å²) in [6, 6.07) is 5.92. The van der Waals surface area contributed by atoms with E-state index in [0.29, 0.717) is 6.61 Å². The summed E-state index contributed by atoms with van der Waals surface area (Å²) in [5, 5.41) is 9.31. The molecule has 0 aliphatic rings. The van der Waals surface area contributed by atoms with Crippen molar-refractivity contribution in [2.45, 2.75) is 13.5 Å². The predicted molar refractivity (Wildman–Crippen MR) is 69.8 cm³/mol. The molecule has 3 nitrogen and oxygen atoms in total. The van der Waals surface area contributed by atoms with Gasteiger partial charge in [-0.25, -0.2) is 0 Å². The number of aliphatic hydroxyl groups excluding tert-OH is 1. The molecule has 0 saturated heterocycles. The fraction of sp³-hybridized carbons (Fsp3) is 0.500. The highest BCUT2D eigenvalue weighted by Crippen LogP contribution is 2.25. The smallest absolute Gasteiger partial charge is 0.0702 e. The molecular formula is C12H18BrNO2. The standard InChI is InChI=1S/C12H18BrNO2/c1-3-14(6-7-16-2)12-8-11(13)5-4-10(12)9-15/h4-5,8,15H,3,6-7,9H2,1-2H3. The van der Waals surface area contributed by atoms with Gasteiger partial charge in [0.2, 0.25) is 0 Å². The van der Waals surface area contributed by atoms with Crippen LogP contribution in [0.1, 0.15) is 12.5 Å². The van der Waals surface area contributed by atoms with Gasteiger partial charge in [0, 0.05) is 35.9 Å². The summed E-state index contributed by atoms with van der Waals surface area (Å²) in [5.41, 5.74) is 2.01. The van der Waals surface area contributed by atoms with Gasteiger partial charge in [0.15, 0.2) is 0 Å². The van der Waals surface area contributed by atoms with E-state index in [1.807, 2.05) is 18.2 Å². The lowest BCUT2D eigenvalue weighted by atomic mass is 10.1. The van der Waals surface area contributed by atoms with E-state index >= 15 is 0 Å². The van der Waals surface area contributed by atoms with Crippen LogP contribution in [0.2, 0.25) is 0 Å². The van der Waals surface area contributed by atoms with Crippen molar-refractivity contribution >= 4 is 21.6 Å². The number of aliphatic hydroxyl groups is 1. The number of nitrogens with zero attached hydrogens (tertiary/aromatic N) is 1. The SMILES string of the molecule is CCN(CCOC)c1cc(Br)ccc1CO. The molecule has 0 amide bonds. The molecule has 0 radical (unpaired) electrons. The first-order chi connectivity index (χ1) is 7.72. The van der Waals surface area contributed by atoms with Crippen LogP contribution in [0.3, 0.4) is 0 Å². The van der Waals surface area contributed by atoms with Crippen molar-refractivity contribution in [3.8, 4) is 0 Å². The number of hydrogen-bond acceptors (Lipinski definition) is 3. The quantitative estimate of drug-likeness (QED) is 0.872. The Morgan fingerprint density at radius 1 is 1.44 bits per heavy atom. The predicted octanol–water partition coefficient (Wildman–Crippen LogP) is 2.41. The minimum absolute atomic E-state index is 0.0616. The van der Waals surface area contributed by atoms with E-state index in [4.69, 9.17) is 4.74 Å². The second-order valence-electron chi connectivity index (χ2n) is 3.50. The van der Waals surface area contributed by atoms with Crippen LogP contribution in [0.4, 0.5) is 5.69 Å². The van der Waals surface area contributed by atoms with E-state index in [0.717, 1.165) is 28.8 Å². The number of benzene rings is 1. The Kier molecular flexibility index (Phi) is 5.80. The number of halogens is 1. The monoisotopic (exact) mass is 287 g/mol. The van der Waals surface area contributed by atoms with Gasteiger partial charge in [0.25, 0.3) is 0 Å². The summed E-state index contributed by atoms with van der Waals surface area (Å²) in [6.45, 7) is 4.57. The molecule has 4 heteroatoms. The maximum absolute atomic E-state index is 9.31. The lowest BCUT2D eigenvalue weighted by molar-refractivity contribution is 0.205. The van der Waals surface area contributed by atoms with E-state index in [2.05, 4.69) is 27.8 Å². The van der Waals surface area contributed by atoms with Gasteiger partial charge < -0.3 is 14.7 Å². The fourth-order valence-electron chi connectivity index (χ4n) is 1.62. The first kappa shape index (κ1) is 13.5. The lowest BCUT2D eigenvalue weighted by Crippen LogP contribution is -2.27. The molecule has 0 bridgehead atoms. The molecule has 0 heterocycles. The van der Waals surface area contributed by atoms with Crippen molar-refractivity contribution in [2.24, 2.45) is 0 Å². The molecule has 1 rings (SSSR count). The number of likely N-dealkylation sites (N-methyl/N-ethyl adjacent to an activating group) is 1. The summed E-state index contributed by atoms with van der Waals surface area (Å²) >= 11 is 3.45. The Bertz CT molecular complexity index is 331. The molecule has 0 aromatic heterocycles. The van der Waals surface area contributed by atoms with E-state index < -0.39 is 0 Å². The molecule has 0 fully saturated rings. The van der Waals surface area contributed by atoms with E-state index in [-0.39, 0.29) is 6.61 Å². The molecule has 0 aliphatic carbocycles. The average Bonchev–Trinajstić information content (AvgIpc) is 2.30. The van der Waals surface area contributed by atoms with Crippen LogP contribution < -0.4 is 4.90 Å². The molecule has 16 heavy (non-hydrogen) atoms. The Hall–Kier alpha value is -0.580. The first-order valence-corrected chi connectivity index (χ1v) is 6.15. The zero-order valence-electron chi connectivity index (χ0n) is 9.74. The molecule has 90 valence electrons. The van der Waals surface area contributed by atoms with Crippen LogP contribution in [-0.4, -0.2) is 31.9 Å². The Morgan fingerprint density at radius 3 is 2.75 bits per heavy atom. The Morgan fingerprint density at radius 2 is 2.19 bits per heavy atom. The number of hydrogen-bond donors (Lipinski definition) is 1. The molecule has 0 saturated carbocycles. The summed E-state index contributed by atoms with van der Waals surface area (Å²) in [7, 11) is 1.70.